The van der Waals surface area contributed by atoms with Crippen LogP contribution in [0, 0.1) is 0 Å². The SMILES string of the molecule is CC(C)(C)c1cc(Cl)c(Cl)c(Br)c1.CC(C)(C)c1cc(Cl)c(Cl)c(N(c2ccccc2)c2ccccc2)c1.c1ccc(Nc2ccccc2)cc1. The minimum atomic E-state index is -0.0258. The molecule has 0 unspecified atom stereocenters. The molecule has 0 fully saturated rings. The van der Waals surface area contributed by atoms with Crippen LogP contribution < -0.4 is 10.2 Å². The summed E-state index contributed by atoms with van der Waals surface area (Å²) >= 11 is 28.4. The highest BCUT2D eigenvalue weighted by molar-refractivity contribution is 9.10. The number of benzene rings is 6. The fourth-order valence-electron chi connectivity index (χ4n) is 4.95. The number of nitrogens with one attached hydrogen (secondary N) is 1. The Hall–Kier alpha value is -3.44. The lowest BCUT2D eigenvalue weighted by Gasteiger charge is -2.29. The van der Waals surface area contributed by atoms with Crippen molar-refractivity contribution in [3.63, 3.8) is 0 Å². The molecule has 0 bridgehead atoms. The summed E-state index contributed by atoms with van der Waals surface area (Å²) in [5.41, 5.74) is 7.59. The van der Waals surface area contributed by atoms with Gasteiger partial charge in [0.25, 0.3) is 0 Å². The summed E-state index contributed by atoms with van der Waals surface area (Å²) in [7, 11) is 0. The highest BCUT2D eigenvalue weighted by Crippen LogP contribution is 2.44. The lowest BCUT2D eigenvalue weighted by Crippen LogP contribution is -2.15. The predicted octanol–water partition coefficient (Wildman–Crippen LogP) is 16.2. The van der Waals surface area contributed by atoms with E-state index < -0.39 is 0 Å². The zero-order valence-corrected chi connectivity index (χ0v) is 34.3. The fourth-order valence-corrected chi connectivity index (χ4v) is 6.26. The number of hydrogen-bond acceptors (Lipinski definition) is 2. The van der Waals surface area contributed by atoms with Crippen LogP contribution in [0.25, 0.3) is 0 Å². The zero-order valence-electron chi connectivity index (χ0n) is 29.7. The average molecular weight is 822 g/mol. The summed E-state index contributed by atoms with van der Waals surface area (Å²) in [5, 5.41) is 5.61. The van der Waals surface area contributed by atoms with Gasteiger partial charge in [-0.2, -0.15) is 0 Å². The molecule has 0 amide bonds. The van der Waals surface area contributed by atoms with Crippen molar-refractivity contribution in [2.45, 2.75) is 52.4 Å². The second kappa shape index (κ2) is 18.4. The van der Waals surface area contributed by atoms with E-state index in [9.17, 15) is 0 Å². The number of hydrogen-bond donors (Lipinski definition) is 1. The van der Waals surface area contributed by atoms with Gasteiger partial charge in [-0.25, -0.2) is 0 Å². The monoisotopic (exact) mass is 818 g/mol. The van der Waals surface area contributed by atoms with Crippen LogP contribution >= 0.6 is 62.3 Å². The summed E-state index contributed by atoms with van der Waals surface area (Å²) < 4.78 is 0.853. The molecule has 0 aromatic heterocycles. The van der Waals surface area contributed by atoms with Crippen molar-refractivity contribution >= 4 is 90.8 Å². The molecule has 6 aromatic carbocycles. The summed E-state index contributed by atoms with van der Waals surface area (Å²) in [6, 6.07) is 48.7. The second-order valence-corrected chi connectivity index (χ2v) is 16.3. The lowest BCUT2D eigenvalue weighted by atomic mass is 9.86. The Bertz CT molecular complexity index is 1870. The number of halogens is 5. The Kier molecular flexibility index (Phi) is 14.5. The average Bonchev–Trinajstić information content (AvgIpc) is 3.10. The first kappa shape index (κ1) is 40.3. The van der Waals surface area contributed by atoms with Gasteiger partial charge in [-0.05, 0) is 111 Å². The van der Waals surface area contributed by atoms with Gasteiger partial charge in [0.05, 0.1) is 25.8 Å². The molecule has 1 N–H and O–H groups in total. The van der Waals surface area contributed by atoms with Crippen LogP contribution in [0.1, 0.15) is 52.7 Å². The largest absolute Gasteiger partial charge is 0.356 e. The molecule has 6 aromatic rings. The first-order valence-electron chi connectivity index (χ1n) is 16.6. The molecule has 0 spiro atoms. The van der Waals surface area contributed by atoms with Gasteiger partial charge in [0.15, 0.2) is 0 Å². The summed E-state index contributed by atoms with van der Waals surface area (Å²) in [5.74, 6) is 0. The van der Waals surface area contributed by atoms with Crippen LogP contribution in [-0.4, -0.2) is 0 Å². The molecular weight excluding hydrogens is 778 g/mol. The van der Waals surface area contributed by atoms with Crippen LogP contribution in [0.3, 0.4) is 0 Å². The minimum absolute atomic E-state index is 0.0258. The third-order valence-electron chi connectivity index (χ3n) is 7.83. The Labute approximate surface area is 332 Å². The van der Waals surface area contributed by atoms with Crippen LogP contribution in [0.15, 0.2) is 150 Å². The van der Waals surface area contributed by atoms with Gasteiger partial charge in [0.2, 0.25) is 0 Å². The van der Waals surface area contributed by atoms with Crippen LogP contribution in [0.5, 0.6) is 0 Å². The van der Waals surface area contributed by atoms with E-state index >= 15 is 0 Å². The van der Waals surface area contributed by atoms with Gasteiger partial charge in [-0.1, -0.05) is 161 Å². The van der Waals surface area contributed by atoms with Crippen LogP contribution in [0.2, 0.25) is 20.1 Å². The van der Waals surface area contributed by atoms with E-state index in [0.29, 0.717) is 20.1 Å². The predicted molar refractivity (Wildman–Crippen MR) is 229 cm³/mol. The van der Waals surface area contributed by atoms with Crippen molar-refractivity contribution in [2.24, 2.45) is 0 Å². The van der Waals surface area contributed by atoms with E-state index in [1.807, 2.05) is 115 Å². The van der Waals surface area contributed by atoms with Crippen LogP contribution in [-0.2, 0) is 10.8 Å². The van der Waals surface area contributed by atoms with Crippen LogP contribution in [0.4, 0.5) is 28.4 Å². The molecule has 0 heterocycles. The molecule has 0 aliphatic carbocycles. The smallest absolute Gasteiger partial charge is 0.0833 e. The third kappa shape index (κ3) is 11.8. The molecule has 264 valence electrons. The maximum atomic E-state index is 6.64. The van der Waals surface area contributed by atoms with E-state index in [1.165, 1.54) is 5.56 Å². The molecule has 6 rings (SSSR count). The first-order valence-corrected chi connectivity index (χ1v) is 18.9. The van der Waals surface area contributed by atoms with Gasteiger partial charge >= 0.3 is 0 Å². The molecule has 0 aliphatic heterocycles. The Balaban J connectivity index is 0.000000189. The van der Waals surface area contributed by atoms with E-state index in [1.54, 1.807) is 0 Å². The van der Waals surface area contributed by atoms with Gasteiger partial charge < -0.3 is 10.2 Å². The van der Waals surface area contributed by atoms with Crippen molar-refractivity contribution in [3.8, 4) is 0 Å². The van der Waals surface area contributed by atoms with E-state index in [-0.39, 0.29) is 10.8 Å². The first-order chi connectivity index (χ1) is 24.1. The lowest BCUT2D eigenvalue weighted by molar-refractivity contribution is 0.590. The molecule has 0 saturated heterocycles. The second-order valence-electron chi connectivity index (χ2n) is 13.9. The molecule has 7 heteroatoms. The molecule has 0 atom stereocenters. The maximum absolute atomic E-state index is 6.64. The fraction of sp³-hybridized carbons (Fsp3) is 0.182. The standard InChI is InChI=1S/C22H21Cl2N.C12H11N.C10H11BrCl2/c1-22(2,3)16-14-19(23)21(24)20(15-16)25(17-10-6-4-7-11-17)18-12-8-5-9-13-18;1-3-7-11(8-4-1)13-12-9-5-2-6-10-12;1-10(2,3)6-4-7(11)9(13)8(12)5-6/h4-15H,1-3H3;1-10,13H;4-5H,1-3H3. The van der Waals surface area contributed by atoms with Crippen molar-refractivity contribution in [1.82, 2.24) is 0 Å². The highest BCUT2D eigenvalue weighted by atomic mass is 79.9. The number of para-hydroxylation sites is 4. The molecular formula is C44H43BrCl4N2. The van der Waals surface area contributed by atoms with Crippen molar-refractivity contribution in [1.29, 1.82) is 0 Å². The minimum Gasteiger partial charge on any atom is -0.356 e. The molecule has 51 heavy (non-hydrogen) atoms. The van der Waals surface area contributed by atoms with Crippen molar-refractivity contribution in [3.05, 3.63) is 181 Å². The zero-order chi connectivity index (χ0) is 37.2. The summed E-state index contributed by atoms with van der Waals surface area (Å²) in [4.78, 5) is 2.14. The maximum Gasteiger partial charge on any atom is 0.0833 e. The number of rotatable bonds is 5. The third-order valence-corrected chi connectivity index (χ3v) is 10.3. The van der Waals surface area contributed by atoms with Crippen molar-refractivity contribution < 1.29 is 0 Å². The molecule has 0 aliphatic rings. The van der Waals surface area contributed by atoms with E-state index in [0.717, 1.165) is 38.5 Å². The van der Waals surface area contributed by atoms with E-state index in [2.05, 4.69) is 98.0 Å². The Morgan fingerprint density at radius 2 is 0.824 bits per heavy atom. The van der Waals surface area contributed by atoms with Gasteiger partial charge in [0.1, 0.15) is 0 Å². The number of anilines is 5. The quantitative estimate of drug-likeness (QED) is 0.174. The topological polar surface area (TPSA) is 15.3 Å². The van der Waals surface area contributed by atoms with Crippen molar-refractivity contribution in [2.75, 3.05) is 10.2 Å². The van der Waals surface area contributed by atoms with Gasteiger partial charge in [-0.3, -0.25) is 0 Å². The Morgan fingerprint density at radius 3 is 1.20 bits per heavy atom. The molecule has 0 saturated carbocycles. The van der Waals surface area contributed by atoms with E-state index in [4.69, 9.17) is 46.4 Å². The number of nitrogens with zero attached hydrogens (tertiary/aromatic N) is 1. The Morgan fingerprint density at radius 1 is 0.471 bits per heavy atom. The van der Waals surface area contributed by atoms with Gasteiger partial charge in [-0.15, -0.1) is 0 Å². The van der Waals surface area contributed by atoms with Gasteiger partial charge in [0, 0.05) is 27.2 Å². The molecule has 0 radical (unpaired) electrons. The normalized spacial score (nSPS) is 11.0. The molecule has 2 nitrogen and oxygen atoms in total. The highest BCUT2D eigenvalue weighted by Gasteiger charge is 2.22. The summed E-state index contributed by atoms with van der Waals surface area (Å²) in [6.07, 6.45) is 0. The summed E-state index contributed by atoms with van der Waals surface area (Å²) in [6.45, 7) is 12.9.